The van der Waals surface area contributed by atoms with E-state index in [1.54, 1.807) is 0 Å². The van der Waals surface area contributed by atoms with Gasteiger partial charge in [-0.1, -0.05) is 80.6 Å². The van der Waals surface area contributed by atoms with Crippen molar-refractivity contribution in [2.75, 3.05) is 4.90 Å². The minimum atomic E-state index is -0.0637. The Hall–Kier alpha value is -2.36. The van der Waals surface area contributed by atoms with Crippen molar-refractivity contribution in [3.05, 3.63) is 99.5 Å². The first-order valence-electron chi connectivity index (χ1n) is 9.96. The van der Waals surface area contributed by atoms with Crippen LogP contribution in [0.2, 0.25) is 0 Å². The molecule has 3 heteroatoms. The Balaban J connectivity index is 1.71. The largest absolute Gasteiger partial charge is 0.301 e. The SMILES string of the molecule is CC1(C)c2cccc3c2N(c2ccccc2C3)c2sc(-c3ccccc3)c(Br)c21. The van der Waals surface area contributed by atoms with Crippen molar-refractivity contribution in [3.63, 3.8) is 0 Å². The van der Waals surface area contributed by atoms with Gasteiger partial charge < -0.3 is 4.90 Å². The van der Waals surface area contributed by atoms with Crippen molar-refractivity contribution in [3.8, 4) is 10.4 Å². The van der Waals surface area contributed by atoms with Crippen LogP contribution in [0.1, 0.15) is 36.1 Å². The van der Waals surface area contributed by atoms with Crippen LogP contribution in [0.15, 0.2) is 77.3 Å². The standard InChI is InChI=1S/C26H20BrNS/c1-26(2)19-13-8-12-18-15-17-11-6-7-14-20(17)28(23(18)19)25-21(26)22(27)24(29-25)16-9-4-3-5-10-16/h3-14H,15H2,1-2H3. The highest BCUT2D eigenvalue weighted by molar-refractivity contribution is 9.10. The molecule has 0 unspecified atom stereocenters. The van der Waals surface area contributed by atoms with Gasteiger partial charge in [0, 0.05) is 21.9 Å². The van der Waals surface area contributed by atoms with Gasteiger partial charge in [-0.3, -0.25) is 0 Å². The van der Waals surface area contributed by atoms with E-state index in [1.165, 1.54) is 53.5 Å². The normalized spacial score (nSPS) is 15.5. The average Bonchev–Trinajstić information content (AvgIpc) is 3.09. The Bertz CT molecular complexity index is 1270. The van der Waals surface area contributed by atoms with Crippen molar-refractivity contribution in [2.24, 2.45) is 0 Å². The first kappa shape index (κ1) is 17.5. The molecule has 0 N–H and O–H groups in total. The fourth-order valence-electron chi connectivity index (χ4n) is 4.93. The minimum absolute atomic E-state index is 0.0637. The second kappa shape index (κ2) is 6.07. The molecule has 6 rings (SSSR count). The van der Waals surface area contributed by atoms with Crippen LogP contribution >= 0.6 is 27.3 Å². The number of benzene rings is 3. The van der Waals surface area contributed by atoms with Crippen LogP contribution in [0.3, 0.4) is 0 Å². The Kier molecular flexibility index (Phi) is 3.66. The quantitative estimate of drug-likeness (QED) is 0.245. The topological polar surface area (TPSA) is 3.24 Å². The van der Waals surface area contributed by atoms with Crippen LogP contribution in [-0.2, 0) is 11.8 Å². The third-order valence-corrected chi connectivity index (χ3v) is 8.60. The molecule has 1 nitrogen and oxygen atoms in total. The van der Waals surface area contributed by atoms with Gasteiger partial charge in [0.1, 0.15) is 5.00 Å². The highest BCUT2D eigenvalue weighted by atomic mass is 79.9. The van der Waals surface area contributed by atoms with Gasteiger partial charge in [-0.15, -0.1) is 11.3 Å². The third kappa shape index (κ3) is 2.32. The number of nitrogens with zero attached hydrogens (tertiary/aromatic N) is 1. The summed E-state index contributed by atoms with van der Waals surface area (Å²) in [5, 5.41) is 1.34. The number of rotatable bonds is 1. The van der Waals surface area contributed by atoms with Crippen molar-refractivity contribution >= 4 is 43.6 Å². The van der Waals surface area contributed by atoms with E-state index in [4.69, 9.17) is 0 Å². The molecule has 0 spiro atoms. The molecule has 0 saturated heterocycles. The summed E-state index contributed by atoms with van der Waals surface area (Å²) in [5.41, 5.74) is 9.53. The molecule has 4 aromatic rings. The maximum Gasteiger partial charge on any atom is 0.106 e. The van der Waals surface area contributed by atoms with E-state index in [0.29, 0.717) is 0 Å². The lowest BCUT2D eigenvalue weighted by Gasteiger charge is -2.44. The number of halogens is 1. The zero-order valence-corrected chi connectivity index (χ0v) is 18.8. The number of hydrogen-bond acceptors (Lipinski definition) is 2. The van der Waals surface area contributed by atoms with Crippen LogP contribution in [0.25, 0.3) is 10.4 Å². The van der Waals surface area contributed by atoms with Crippen LogP contribution < -0.4 is 4.90 Å². The number of hydrogen-bond donors (Lipinski definition) is 0. The molecule has 3 aromatic carbocycles. The Labute approximate surface area is 183 Å². The van der Waals surface area contributed by atoms with Gasteiger partial charge in [-0.2, -0.15) is 0 Å². The maximum absolute atomic E-state index is 4.02. The molecule has 0 amide bonds. The van der Waals surface area contributed by atoms with Crippen molar-refractivity contribution in [1.82, 2.24) is 0 Å². The summed E-state index contributed by atoms with van der Waals surface area (Å²) in [5.74, 6) is 0. The molecule has 0 saturated carbocycles. The predicted octanol–water partition coefficient (Wildman–Crippen LogP) is 8.19. The molecule has 2 aliphatic heterocycles. The van der Waals surface area contributed by atoms with Gasteiger partial charge in [0.2, 0.25) is 0 Å². The van der Waals surface area contributed by atoms with Gasteiger partial charge >= 0.3 is 0 Å². The lowest BCUT2D eigenvalue weighted by atomic mass is 9.73. The molecule has 0 fully saturated rings. The second-order valence-electron chi connectivity index (χ2n) is 8.37. The average molecular weight is 458 g/mol. The zero-order chi connectivity index (χ0) is 19.8. The molecule has 0 aliphatic carbocycles. The summed E-state index contributed by atoms with van der Waals surface area (Å²) in [4.78, 5) is 3.83. The molecular formula is C26H20BrNS. The summed E-state index contributed by atoms with van der Waals surface area (Å²) in [6.07, 6.45) is 0.999. The molecule has 1 aromatic heterocycles. The molecule has 0 atom stereocenters. The number of anilines is 3. The molecule has 142 valence electrons. The van der Waals surface area contributed by atoms with E-state index < -0.39 is 0 Å². The molecule has 0 bridgehead atoms. The first-order chi connectivity index (χ1) is 14.1. The van der Waals surface area contributed by atoms with Crippen LogP contribution in [0.5, 0.6) is 0 Å². The smallest absolute Gasteiger partial charge is 0.106 e. The van der Waals surface area contributed by atoms with Crippen LogP contribution in [0.4, 0.5) is 16.4 Å². The van der Waals surface area contributed by atoms with E-state index in [-0.39, 0.29) is 5.41 Å². The summed E-state index contributed by atoms with van der Waals surface area (Å²) < 4.78 is 1.23. The van der Waals surface area contributed by atoms with Gasteiger partial charge in [0.25, 0.3) is 0 Å². The lowest BCUT2D eigenvalue weighted by molar-refractivity contribution is 0.630. The summed E-state index contributed by atoms with van der Waals surface area (Å²) in [7, 11) is 0. The Morgan fingerprint density at radius 2 is 1.59 bits per heavy atom. The molecule has 29 heavy (non-hydrogen) atoms. The summed E-state index contributed by atoms with van der Waals surface area (Å²) >= 11 is 5.92. The van der Waals surface area contributed by atoms with Crippen LogP contribution in [-0.4, -0.2) is 0 Å². The van der Waals surface area contributed by atoms with Gasteiger partial charge in [-0.25, -0.2) is 0 Å². The summed E-state index contributed by atoms with van der Waals surface area (Å²) in [6.45, 7) is 4.73. The van der Waals surface area contributed by atoms with E-state index in [0.717, 1.165) is 6.42 Å². The van der Waals surface area contributed by atoms with E-state index in [2.05, 4.69) is 107 Å². The zero-order valence-electron chi connectivity index (χ0n) is 16.4. The molecule has 0 radical (unpaired) electrons. The fraction of sp³-hybridized carbons (Fsp3) is 0.154. The minimum Gasteiger partial charge on any atom is -0.301 e. The highest BCUT2D eigenvalue weighted by Gasteiger charge is 2.43. The second-order valence-corrected chi connectivity index (χ2v) is 10.2. The van der Waals surface area contributed by atoms with E-state index in [9.17, 15) is 0 Å². The monoisotopic (exact) mass is 457 g/mol. The van der Waals surface area contributed by atoms with Gasteiger partial charge in [0.15, 0.2) is 0 Å². The van der Waals surface area contributed by atoms with Crippen molar-refractivity contribution in [2.45, 2.75) is 25.7 Å². The molecular weight excluding hydrogens is 438 g/mol. The van der Waals surface area contributed by atoms with Crippen molar-refractivity contribution < 1.29 is 0 Å². The third-order valence-electron chi connectivity index (χ3n) is 6.33. The number of fused-ring (bicyclic) bond motifs is 4. The highest BCUT2D eigenvalue weighted by Crippen LogP contribution is 2.62. The molecule has 3 heterocycles. The van der Waals surface area contributed by atoms with Crippen LogP contribution in [0, 0.1) is 0 Å². The van der Waals surface area contributed by atoms with Crippen molar-refractivity contribution in [1.29, 1.82) is 0 Å². The van der Waals surface area contributed by atoms with Gasteiger partial charge in [0.05, 0.1) is 16.3 Å². The lowest BCUT2D eigenvalue weighted by Crippen LogP contribution is -2.32. The maximum atomic E-state index is 4.02. The Morgan fingerprint density at radius 1 is 0.862 bits per heavy atom. The fourth-order valence-corrected chi connectivity index (χ4v) is 7.59. The predicted molar refractivity (Wildman–Crippen MR) is 127 cm³/mol. The molecule has 2 aliphatic rings. The van der Waals surface area contributed by atoms with E-state index >= 15 is 0 Å². The van der Waals surface area contributed by atoms with E-state index in [1.807, 2.05) is 11.3 Å². The Morgan fingerprint density at radius 3 is 2.41 bits per heavy atom. The van der Waals surface area contributed by atoms with Gasteiger partial charge in [-0.05, 0) is 44.3 Å². The number of para-hydroxylation sites is 2. The summed E-state index contributed by atoms with van der Waals surface area (Å²) in [6, 6.07) is 26.4. The number of thiophene rings is 1. The first-order valence-corrected chi connectivity index (χ1v) is 11.6.